The van der Waals surface area contributed by atoms with Crippen LogP contribution in [-0.2, 0) is 6.18 Å². The summed E-state index contributed by atoms with van der Waals surface area (Å²) in [7, 11) is 0. The molecule has 0 aliphatic carbocycles. The lowest BCUT2D eigenvalue weighted by Gasteiger charge is -2.00. The zero-order valence-corrected chi connectivity index (χ0v) is 7.21. The predicted octanol–water partition coefficient (Wildman–Crippen LogP) is 3.14. The predicted molar refractivity (Wildman–Crippen MR) is 43.8 cm³/mol. The van der Waals surface area contributed by atoms with Gasteiger partial charge >= 0.3 is 6.18 Å². The van der Waals surface area contributed by atoms with Crippen LogP contribution >= 0.6 is 11.3 Å². The fourth-order valence-electron chi connectivity index (χ4n) is 0.723. The summed E-state index contributed by atoms with van der Waals surface area (Å²) in [4.78, 5) is 10.2. The highest BCUT2D eigenvalue weighted by Crippen LogP contribution is 2.34. The van der Waals surface area contributed by atoms with Crippen molar-refractivity contribution >= 4 is 17.1 Å². The summed E-state index contributed by atoms with van der Waals surface area (Å²) in [5.41, 5.74) is 0. The topological polar surface area (TPSA) is 17.1 Å². The molecule has 0 saturated carbocycles. The van der Waals surface area contributed by atoms with Crippen molar-refractivity contribution in [2.75, 3.05) is 0 Å². The summed E-state index contributed by atoms with van der Waals surface area (Å²) in [6, 6.07) is 2.04. The van der Waals surface area contributed by atoms with Gasteiger partial charge in [0.15, 0.2) is 5.78 Å². The highest BCUT2D eigenvalue weighted by Gasteiger charge is 2.32. The Labute approximate surface area is 76.5 Å². The third-order valence-electron chi connectivity index (χ3n) is 1.31. The first-order valence-electron chi connectivity index (χ1n) is 3.29. The quantitative estimate of drug-likeness (QED) is 0.536. The highest BCUT2D eigenvalue weighted by molar-refractivity contribution is 7.14. The van der Waals surface area contributed by atoms with Gasteiger partial charge in [-0.1, -0.05) is 6.58 Å². The van der Waals surface area contributed by atoms with Gasteiger partial charge in [-0.3, -0.25) is 4.79 Å². The number of carbonyl (C=O) groups is 1. The molecule has 0 saturated heterocycles. The lowest BCUT2D eigenvalue weighted by Crippen LogP contribution is -2.00. The zero-order valence-electron chi connectivity index (χ0n) is 6.39. The minimum atomic E-state index is -4.37. The van der Waals surface area contributed by atoms with Crippen LogP contribution in [0.15, 0.2) is 24.8 Å². The number of hydrogen-bond donors (Lipinski definition) is 0. The van der Waals surface area contributed by atoms with Crippen molar-refractivity contribution in [2.24, 2.45) is 0 Å². The molecule has 0 spiro atoms. The first kappa shape index (κ1) is 9.98. The van der Waals surface area contributed by atoms with E-state index in [-0.39, 0.29) is 4.88 Å². The molecule has 1 aromatic heterocycles. The molecule has 1 heterocycles. The van der Waals surface area contributed by atoms with Crippen molar-refractivity contribution in [2.45, 2.75) is 6.18 Å². The van der Waals surface area contributed by atoms with Gasteiger partial charge in [-0.25, -0.2) is 0 Å². The second-order valence-corrected chi connectivity index (χ2v) is 3.31. The molecule has 0 amide bonds. The van der Waals surface area contributed by atoms with Crippen LogP contribution in [0.5, 0.6) is 0 Å². The maximum absolute atomic E-state index is 12.0. The first-order chi connectivity index (χ1) is 5.95. The summed E-state index contributed by atoms with van der Waals surface area (Å²) in [6.45, 7) is 3.18. The van der Waals surface area contributed by atoms with Gasteiger partial charge in [0.25, 0.3) is 0 Å². The number of ketones is 1. The molecule has 5 heteroatoms. The second-order valence-electron chi connectivity index (χ2n) is 2.23. The number of thiophene rings is 1. The van der Waals surface area contributed by atoms with Gasteiger partial charge in [-0.05, 0) is 18.2 Å². The van der Waals surface area contributed by atoms with Crippen LogP contribution in [-0.4, -0.2) is 5.78 Å². The Hall–Kier alpha value is -1.10. The van der Waals surface area contributed by atoms with Gasteiger partial charge in [-0.2, -0.15) is 13.2 Å². The number of allylic oxidation sites excluding steroid dienone is 1. The molecule has 0 bridgehead atoms. The van der Waals surface area contributed by atoms with Crippen molar-refractivity contribution < 1.29 is 18.0 Å². The molecule has 0 N–H and O–H groups in total. The third-order valence-corrected chi connectivity index (χ3v) is 2.46. The van der Waals surface area contributed by atoms with Gasteiger partial charge in [-0.15, -0.1) is 11.3 Å². The molecule has 13 heavy (non-hydrogen) atoms. The fraction of sp³-hybridized carbons (Fsp3) is 0.125. The Morgan fingerprint density at radius 3 is 2.46 bits per heavy atom. The number of hydrogen-bond acceptors (Lipinski definition) is 2. The van der Waals surface area contributed by atoms with Crippen LogP contribution in [0.2, 0.25) is 0 Å². The molecule has 0 aliphatic heterocycles. The monoisotopic (exact) mass is 206 g/mol. The Morgan fingerprint density at radius 2 is 2.08 bits per heavy atom. The van der Waals surface area contributed by atoms with E-state index < -0.39 is 16.8 Å². The van der Waals surface area contributed by atoms with E-state index in [4.69, 9.17) is 0 Å². The van der Waals surface area contributed by atoms with Gasteiger partial charge in [0.1, 0.15) is 4.88 Å². The minimum absolute atomic E-state index is 0.0577. The Bertz CT molecular complexity index is 337. The summed E-state index contributed by atoms with van der Waals surface area (Å²) >= 11 is 0.427. The lowest BCUT2D eigenvalue weighted by molar-refractivity contribution is -0.134. The van der Waals surface area contributed by atoms with Crippen LogP contribution in [0.4, 0.5) is 13.2 Å². The minimum Gasteiger partial charge on any atom is -0.288 e. The van der Waals surface area contributed by atoms with E-state index in [0.29, 0.717) is 11.3 Å². The van der Waals surface area contributed by atoms with E-state index in [1.54, 1.807) is 0 Å². The molecule has 1 rings (SSSR count). The Balaban J connectivity index is 3.00. The first-order valence-corrected chi connectivity index (χ1v) is 4.10. The van der Waals surface area contributed by atoms with Gasteiger partial charge in [0.05, 0.1) is 4.88 Å². The maximum Gasteiger partial charge on any atom is 0.425 e. The molecular formula is C8H5F3OS. The summed E-state index contributed by atoms with van der Waals surface area (Å²) in [5, 5.41) is 0. The Kier molecular flexibility index (Phi) is 2.56. The molecule has 1 nitrogen and oxygen atoms in total. The third kappa shape index (κ3) is 2.18. The van der Waals surface area contributed by atoms with E-state index >= 15 is 0 Å². The van der Waals surface area contributed by atoms with Crippen molar-refractivity contribution in [1.29, 1.82) is 0 Å². The highest BCUT2D eigenvalue weighted by atomic mass is 32.1. The number of alkyl halides is 3. The summed E-state index contributed by atoms with van der Waals surface area (Å²) in [6.07, 6.45) is -3.38. The average Bonchev–Trinajstić information content (AvgIpc) is 2.50. The molecular weight excluding hydrogens is 201 g/mol. The SMILES string of the molecule is C=CC(=O)c1ccc(C(F)(F)F)s1. The summed E-state index contributed by atoms with van der Waals surface area (Å²) in [5.74, 6) is -0.486. The molecule has 0 aliphatic rings. The lowest BCUT2D eigenvalue weighted by atomic mass is 10.3. The van der Waals surface area contributed by atoms with Gasteiger partial charge < -0.3 is 0 Å². The van der Waals surface area contributed by atoms with Crippen LogP contribution in [0, 0.1) is 0 Å². The molecule has 70 valence electrons. The van der Waals surface area contributed by atoms with Crippen molar-refractivity contribution in [3.63, 3.8) is 0 Å². The zero-order chi connectivity index (χ0) is 10.1. The molecule has 0 fully saturated rings. The number of halogens is 3. The standard InChI is InChI=1S/C8H5F3OS/c1-2-5(12)6-3-4-7(13-6)8(9,10)11/h2-4H,1H2. The van der Waals surface area contributed by atoms with Crippen LogP contribution in [0.25, 0.3) is 0 Å². The number of rotatable bonds is 2. The van der Waals surface area contributed by atoms with Gasteiger partial charge in [0, 0.05) is 0 Å². The summed E-state index contributed by atoms with van der Waals surface area (Å²) < 4.78 is 36.1. The van der Waals surface area contributed by atoms with E-state index in [1.165, 1.54) is 0 Å². The number of carbonyl (C=O) groups excluding carboxylic acids is 1. The maximum atomic E-state index is 12.0. The average molecular weight is 206 g/mol. The van der Waals surface area contributed by atoms with Crippen molar-refractivity contribution in [3.8, 4) is 0 Å². The van der Waals surface area contributed by atoms with Crippen LogP contribution in [0.3, 0.4) is 0 Å². The van der Waals surface area contributed by atoms with E-state index in [1.807, 2.05) is 0 Å². The Morgan fingerprint density at radius 1 is 1.46 bits per heavy atom. The van der Waals surface area contributed by atoms with Crippen molar-refractivity contribution in [1.82, 2.24) is 0 Å². The molecule has 0 atom stereocenters. The second kappa shape index (κ2) is 3.33. The molecule has 0 radical (unpaired) electrons. The normalized spacial score (nSPS) is 11.3. The van der Waals surface area contributed by atoms with E-state index in [0.717, 1.165) is 18.2 Å². The molecule has 1 aromatic rings. The van der Waals surface area contributed by atoms with E-state index in [9.17, 15) is 18.0 Å². The van der Waals surface area contributed by atoms with Crippen LogP contribution in [0.1, 0.15) is 14.5 Å². The van der Waals surface area contributed by atoms with Gasteiger partial charge in [0.2, 0.25) is 0 Å². The smallest absolute Gasteiger partial charge is 0.288 e. The fourth-order valence-corrected chi connectivity index (χ4v) is 1.53. The van der Waals surface area contributed by atoms with E-state index in [2.05, 4.69) is 6.58 Å². The van der Waals surface area contributed by atoms with Crippen molar-refractivity contribution in [3.05, 3.63) is 34.5 Å². The molecule has 0 unspecified atom stereocenters. The van der Waals surface area contributed by atoms with Crippen LogP contribution < -0.4 is 0 Å². The molecule has 0 aromatic carbocycles. The largest absolute Gasteiger partial charge is 0.425 e.